The monoisotopic (exact) mass is 270 g/mol. The second kappa shape index (κ2) is 5.55. The van der Waals surface area contributed by atoms with E-state index in [9.17, 15) is 0 Å². The lowest BCUT2D eigenvalue weighted by Gasteiger charge is -2.27. The van der Waals surface area contributed by atoms with Crippen LogP contribution in [0.2, 0.25) is 0 Å². The maximum Gasteiger partial charge on any atom is 0.0796 e. The van der Waals surface area contributed by atoms with Gasteiger partial charge in [-0.3, -0.25) is 0 Å². The second-order valence-electron chi connectivity index (χ2n) is 5.74. The van der Waals surface area contributed by atoms with Gasteiger partial charge in [0.2, 0.25) is 0 Å². The van der Waals surface area contributed by atoms with Gasteiger partial charge in [-0.15, -0.1) is 0 Å². The van der Waals surface area contributed by atoms with Crippen LogP contribution >= 0.6 is 24.4 Å². The summed E-state index contributed by atoms with van der Waals surface area (Å²) in [6, 6.07) is 0. The first kappa shape index (κ1) is 14.7. The summed E-state index contributed by atoms with van der Waals surface area (Å²) < 4.78 is 1.72. The average Bonchev–Trinajstić information content (AvgIpc) is 2.19. The largest absolute Gasteiger partial charge is 0.384 e. The molecule has 0 amide bonds. The van der Waals surface area contributed by atoms with Crippen molar-refractivity contribution < 1.29 is 0 Å². The summed E-state index contributed by atoms with van der Waals surface area (Å²) in [6.07, 6.45) is 1.11. The summed E-state index contributed by atoms with van der Waals surface area (Å²) in [4.78, 5) is 2.18. The minimum Gasteiger partial charge on any atom is -0.384 e. The number of hydrogen-bond acceptors (Lipinski definition) is 4. The molecule has 0 heterocycles. The Morgan fingerprint density at radius 2 is 1.71 bits per heavy atom. The molecule has 0 saturated carbocycles. The van der Waals surface area contributed by atoms with Crippen LogP contribution in [0.15, 0.2) is 0 Å². The molecule has 1 N–H and O–H groups in total. The number of nitrogens with one attached hydrogen (secondary N) is 1. The Bertz CT molecular complexity index is 448. The molecule has 0 aromatic heterocycles. The summed E-state index contributed by atoms with van der Waals surface area (Å²) in [5.41, 5.74) is 2.42. The van der Waals surface area contributed by atoms with E-state index in [2.05, 4.69) is 45.1 Å². The molecule has 0 saturated heterocycles. The normalized spacial score (nSPS) is 12.4. The van der Waals surface area contributed by atoms with Crippen LogP contribution in [0.3, 0.4) is 0 Å². The van der Waals surface area contributed by atoms with Crippen LogP contribution in [0.4, 0.5) is 5.69 Å². The lowest BCUT2D eigenvalue weighted by Crippen LogP contribution is -2.21. The molecule has 17 heavy (non-hydrogen) atoms. The highest BCUT2D eigenvalue weighted by atomic mass is 32.1. The molecule has 0 bridgehead atoms. The Kier molecular flexibility index (Phi) is 4.81. The van der Waals surface area contributed by atoms with Crippen molar-refractivity contribution in [2.45, 2.75) is 32.6 Å². The van der Waals surface area contributed by atoms with Gasteiger partial charge in [0.1, 0.15) is 0 Å². The SMILES string of the molecule is CN(C)CCCNc1c(C(C)(C)C)c(=S)c1=S. The first-order chi connectivity index (χ1) is 7.75. The third-order valence-corrected chi connectivity index (χ3v) is 3.69. The standard InChI is InChI=1S/C13H22N2S2/c1-13(2,3)9-10(12(17)11(9)16)14-7-6-8-15(4)5/h14H,6-8H2,1-5H3. The lowest BCUT2D eigenvalue weighted by atomic mass is 9.83. The zero-order valence-electron chi connectivity index (χ0n) is 11.4. The molecule has 0 atom stereocenters. The molecule has 96 valence electrons. The fraction of sp³-hybridized carbons (Fsp3) is 0.692. The molecule has 0 spiro atoms. The summed E-state index contributed by atoms with van der Waals surface area (Å²) in [7, 11) is 4.17. The van der Waals surface area contributed by atoms with Gasteiger partial charge in [0.25, 0.3) is 0 Å². The Balaban J connectivity index is 2.64. The highest BCUT2D eigenvalue weighted by Crippen LogP contribution is 2.36. The molecular formula is C13H22N2S2. The molecule has 0 aliphatic rings. The smallest absolute Gasteiger partial charge is 0.0796 e. The Hall–Kier alpha value is -0.320. The van der Waals surface area contributed by atoms with E-state index in [1.165, 1.54) is 5.56 Å². The molecule has 1 rings (SSSR count). The molecule has 1 aromatic carbocycles. The van der Waals surface area contributed by atoms with E-state index in [1.807, 2.05) is 0 Å². The van der Waals surface area contributed by atoms with Gasteiger partial charge in [-0.25, -0.2) is 0 Å². The highest BCUT2D eigenvalue weighted by molar-refractivity contribution is 7.74. The summed E-state index contributed by atoms with van der Waals surface area (Å²) in [5.74, 6) is 0. The fourth-order valence-electron chi connectivity index (χ4n) is 1.88. The van der Waals surface area contributed by atoms with Crippen molar-refractivity contribution in [3.05, 3.63) is 14.6 Å². The fourth-order valence-corrected chi connectivity index (χ4v) is 2.67. The van der Waals surface area contributed by atoms with E-state index in [4.69, 9.17) is 24.4 Å². The minimum atomic E-state index is 0.0866. The molecule has 4 heteroatoms. The second-order valence-corrected chi connectivity index (χ2v) is 6.56. The molecule has 2 nitrogen and oxygen atoms in total. The predicted octanol–water partition coefficient (Wildman–Crippen LogP) is 3.68. The first-order valence-electron chi connectivity index (χ1n) is 5.97. The molecular weight excluding hydrogens is 248 g/mol. The predicted molar refractivity (Wildman–Crippen MR) is 80.8 cm³/mol. The third-order valence-electron chi connectivity index (χ3n) is 2.74. The number of rotatable bonds is 5. The maximum absolute atomic E-state index is 5.33. The van der Waals surface area contributed by atoms with E-state index in [0.29, 0.717) is 0 Å². The van der Waals surface area contributed by atoms with Gasteiger partial charge in [-0.05, 0) is 32.5 Å². The van der Waals surface area contributed by atoms with Gasteiger partial charge in [0, 0.05) is 12.1 Å². The van der Waals surface area contributed by atoms with E-state index in [-0.39, 0.29) is 5.41 Å². The van der Waals surface area contributed by atoms with Gasteiger partial charge < -0.3 is 10.2 Å². The zero-order valence-corrected chi connectivity index (χ0v) is 13.0. The van der Waals surface area contributed by atoms with Gasteiger partial charge in [-0.1, -0.05) is 45.2 Å². The van der Waals surface area contributed by atoms with Crippen molar-refractivity contribution in [1.82, 2.24) is 4.90 Å². The Morgan fingerprint density at radius 3 is 2.18 bits per heavy atom. The van der Waals surface area contributed by atoms with E-state index < -0.39 is 0 Å². The van der Waals surface area contributed by atoms with Gasteiger partial charge in [0.05, 0.1) is 14.7 Å². The van der Waals surface area contributed by atoms with Crippen LogP contribution in [-0.2, 0) is 5.41 Å². The van der Waals surface area contributed by atoms with Crippen molar-refractivity contribution in [3.8, 4) is 0 Å². The van der Waals surface area contributed by atoms with Crippen LogP contribution in [0.1, 0.15) is 32.8 Å². The van der Waals surface area contributed by atoms with Crippen LogP contribution in [0, 0.1) is 9.02 Å². The quantitative estimate of drug-likeness (QED) is 0.648. The maximum atomic E-state index is 5.33. The van der Waals surface area contributed by atoms with Crippen molar-refractivity contribution in [2.24, 2.45) is 0 Å². The lowest BCUT2D eigenvalue weighted by molar-refractivity contribution is 0.405. The van der Waals surface area contributed by atoms with Crippen molar-refractivity contribution in [3.63, 3.8) is 0 Å². The number of nitrogens with zero attached hydrogens (tertiary/aromatic N) is 1. The molecule has 1 aromatic rings. The zero-order chi connectivity index (χ0) is 13.2. The number of anilines is 1. The van der Waals surface area contributed by atoms with Crippen LogP contribution in [0.25, 0.3) is 0 Å². The molecule has 0 radical (unpaired) electrons. The topological polar surface area (TPSA) is 15.3 Å². The average molecular weight is 270 g/mol. The molecule has 0 unspecified atom stereocenters. The Morgan fingerprint density at radius 1 is 1.12 bits per heavy atom. The van der Waals surface area contributed by atoms with Crippen LogP contribution < -0.4 is 5.32 Å². The first-order valence-corrected chi connectivity index (χ1v) is 6.79. The van der Waals surface area contributed by atoms with Crippen LogP contribution in [-0.4, -0.2) is 32.1 Å². The third kappa shape index (κ3) is 3.57. The van der Waals surface area contributed by atoms with Gasteiger partial charge >= 0.3 is 0 Å². The molecule has 0 aliphatic carbocycles. The minimum absolute atomic E-state index is 0.0866. The molecule has 0 fully saturated rings. The number of hydrogen-bond donors (Lipinski definition) is 1. The van der Waals surface area contributed by atoms with Crippen molar-refractivity contribution >= 4 is 30.1 Å². The van der Waals surface area contributed by atoms with Crippen molar-refractivity contribution in [2.75, 3.05) is 32.5 Å². The van der Waals surface area contributed by atoms with E-state index in [0.717, 1.165) is 34.2 Å². The summed E-state index contributed by atoms with van der Waals surface area (Å²) in [6.45, 7) is 8.58. The Labute approximate surface area is 115 Å². The highest BCUT2D eigenvalue weighted by Gasteiger charge is 2.25. The van der Waals surface area contributed by atoms with Gasteiger partial charge in [0.15, 0.2) is 0 Å². The summed E-state index contributed by atoms with van der Waals surface area (Å²) >= 11 is 10.6. The van der Waals surface area contributed by atoms with Gasteiger partial charge in [-0.2, -0.15) is 0 Å². The summed E-state index contributed by atoms with van der Waals surface area (Å²) in [5, 5.41) is 3.44. The van der Waals surface area contributed by atoms with E-state index >= 15 is 0 Å². The van der Waals surface area contributed by atoms with Crippen LogP contribution in [0.5, 0.6) is 0 Å². The molecule has 0 aliphatic heterocycles. The van der Waals surface area contributed by atoms with E-state index in [1.54, 1.807) is 0 Å². The van der Waals surface area contributed by atoms with Crippen molar-refractivity contribution in [1.29, 1.82) is 0 Å².